The van der Waals surface area contributed by atoms with Crippen molar-refractivity contribution in [3.05, 3.63) is 71.6 Å². The Labute approximate surface area is 225 Å². The van der Waals surface area contributed by atoms with Gasteiger partial charge in [0.15, 0.2) is 34.2 Å². The van der Waals surface area contributed by atoms with Gasteiger partial charge < -0.3 is 19.9 Å². The van der Waals surface area contributed by atoms with Crippen molar-refractivity contribution in [2.24, 2.45) is 0 Å². The van der Waals surface area contributed by atoms with Crippen LogP contribution in [-0.4, -0.2) is 59.8 Å². The van der Waals surface area contributed by atoms with Gasteiger partial charge in [-0.25, -0.2) is 34.9 Å². The van der Waals surface area contributed by atoms with Crippen molar-refractivity contribution < 1.29 is 0 Å². The van der Waals surface area contributed by atoms with Crippen LogP contribution in [0.4, 0.5) is 0 Å². The minimum Gasteiger partial charge on any atom is -0.341 e. The average molecular weight is 527 g/mol. The molecular formula is C28H22N12. The topological polar surface area (TPSA) is 166 Å². The summed E-state index contributed by atoms with van der Waals surface area (Å²) in [6, 6.07) is 13.9. The highest BCUT2D eigenvalue weighted by molar-refractivity contribution is 5.87. The molecule has 194 valence electrons. The molecule has 0 saturated carbocycles. The molecule has 0 aliphatic rings. The second-order valence-electron chi connectivity index (χ2n) is 9.85. The summed E-state index contributed by atoms with van der Waals surface area (Å²) < 4.78 is 0. The highest BCUT2D eigenvalue weighted by atomic mass is 15.1. The first-order chi connectivity index (χ1) is 19.5. The minimum atomic E-state index is 0.619. The fourth-order valence-corrected chi connectivity index (χ4v) is 4.92. The van der Waals surface area contributed by atoms with Crippen LogP contribution in [0.15, 0.2) is 48.7 Å². The Kier molecular flexibility index (Phi) is 4.77. The second kappa shape index (κ2) is 8.50. The van der Waals surface area contributed by atoms with Gasteiger partial charge in [-0.2, -0.15) is 0 Å². The molecule has 8 aromatic rings. The van der Waals surface area contributed by atoms with E-state index in [4.69, 9.17) is 4.98 Å². The van der Waals surface area contributed by atoms with Gasteiger partial charge >= 0.3 is 0 Å². The third-order valence-electron chi connectivity index (χ3n) is 6.86. The van der Waals surface area contributed by atoms with E-state index >= 15 is 0 Å². The zero-order valence-corrected chi connectivity index (χ0v) is 21.6. The maximum Gasteiger partial charge on any atom is 0.180 e. The Balaban J connectivity index is 0.993. The molecule has 40 heavy (non-hydrogen) atoms. The SMILES string of the molecule is Cc1cccc(-c2nc3nc4nc(CCc5ccc(-c6nc7nc8nc(C)[nH]c8cc7[nH]6)nc5)[nH]c4cc3[nH]2)n1. The third-order valence-corrected chi connectivity index (χ3v) is 6.86. The van der Waals surface area contributed by atoms with E-state index in [1.165, 1.54) is 0 Å². The van der Waals surface area contributed by atoms with Crippen LogP contribution in [0.25, 0.3) is 67.7 Å². The molecular weight excluding hydrogens is 504 g/mol. The van der Waals surface area contributed by atoms with Gasteiger partial charge in [0.2, 0.25) is 0 Å². The van der Waals surface area contributed by atoms with Crippen LogP contribution in [0, 0.1) is 13.8 Å². The molecule has 0 unspecified atom stereocenters. The van der Waals surface area contributed by atoms with Gasteiger partial charge in [0.05, 0.1) is 22.1 Å². The van der Waals surface area contributed by atoms with Gasteiger partial charge in [0, 0.05) is 18.3 Å². The van der Waals surface area contributed by atoms with Gasteiger partial charge in [-0.3, -0.25) is 4.98 Å². The molecule has 0 saturated heterocycles. The minimum absolute atomic E-state index is 0.619. The molecule has 0 aromatic carbocycles. The van der Waals surface area contributed by atoms with Crippen LogP contribution >= 0.6 is 0 Å². The summed E-state index contributed by atoms with van der Waals surface area (Å²) in [6.45, 7) is 3.87. The maximum atomic E-state index is 4.70. The van der Waals surface area contributed by atoms with Crippen LogP contribution < -0.4 is 0 Å². The molecule has 0 spiro atoms. The number of imidazole rings is 4. The molecule has 0 fully saturated rings. The van der Waals surface area contributed by atoms with E-state index in [1.54, 1.807) is 0 Å². The highest BCUT2D eigenvalue weighted by Crippen LogP contribution is 2.23. The van der Waals surface area contributed by atoms with E-state index in [0.29, 0.717) is 34.2 Å². The predicted molar refractivity (Wildman–Crippen MR) is 150 cm³/mol. The Morgan fingerprint density at radius 2 is 1.25 bits per heavy atom. The van der Waals surface area contributed by atoms with E-state index in [0.717, 1.165) is 69.2 Å². The number of aryl methyl sites for hydroxylation is 4. The molecule has 12 nitrogen and oxygen atoms in total. The van der Waals surface area contributed by atoms with Gasteiger partial charge in [-0.1, -0.05) is 12.1 Å². The number of hydrogen-bond acceptors (Lipinski definition) is 8. The zero-order chi connectivity index (χ0) is 26.8. The fraction of sp³-hybridized carbons (Fsp3) is 0.143. The first-order valence-corrected chi connectivity index (χ1v) is 12.9. The smallest absolute Gasteiger partial charge is 0.180 e. The molecule has 0 aliphatic carbocycles. The van der Waals surface area contributed by atoms with E-state index in [-0.39, 0.29) is 0 Å². The summed E-state index contributed by atoms with van der Waals surface area (Å²) in [5, 5.41) is 0. The first kappa shape index (κ1) is 22.5. The van der Waals surface area contributed by atoms with Gasteiger partial charge in [-0.05, 0) is 56.2 Å². The van der Waals surface area contributed by atoms with Crippen LogP contribution in [0.1, 0.15) is 22.9 Å². The fourth-order valence-electron chi connectivity index (χ4n) is 4.92. The summed E-state index contributed by atoms with van der Waals surface area (Å²) >= 11 is 0. The van der Waals surface area contributed by atoms with Gasteiger partial charge in [0.1, 0.15) is 23.0 Å². The number of pyridine rings is 4. The predicted octanol–water partition coefficient (Wildman–Crippen LogP) is 4.51. The standard InChI is InChI=1S/C28H22N12/c1-13-4-3-5-17(30-13)24-35-21-11-19-26(40-28(21)38-24)36-22(33-19)9-7-15-6-8-16(29-12-15)23-34-20-10-18-25(32-14(2)31-18)39-27(20)37-23/h3-6,8,10-12H,7,9H2,1-2H3,(H2,31,32,34,37,39)(H2,33,35,36,38,40). The van der Waals surface area contributed by atoms with Gasteiger partial charge in [-0.15, -0.1) is 0 Å². The Hall–Kier alpha value is -5.52. The molecule has 8 aromatic heterocycles. The lowest BCUT2D eigenvalue weighted by Gasteiger charge is -2.01. The van der Waals surface area contributed by atoms with Crippen molar-refractivity contribution >= 4 is 44.7 Å². The molecule has 0 amide bonds. The number of nitrogens with zero attached hydrogens (tertiary/aromatic N) is 8. The summed E-state index contributed by atoms with van der Waals surface area (Å²) in [6.07, 6.45) is 3.38. The quantitative estimate of drug-likeness (QED) is 0.254. The largest absolute Gasteiger partial charge is 0.341 e. The van der Waals surface area contributed by atoms with Crippen LogP contribution in [0.5, 0.6) is 0 Å². The van der Waals surface area contributed by atoms with Crippen molar-refractivity contribution in [1.29, 1.82) is 0 Å². The number of fused-ring (bicyclic) bond motifs is 4. The maximum absolute atomic E-state index is 4.70. The Morgan fingerprint density at radius 1 is 0.575 bits per heavy atom. The normalized spacial score (nSPS) is 11.9. The molecule has 0 aliphatic heterocycles. The summed E-state index contributed by atoms with van der Waals surface area (Å²) in [5.74, 6) is 3.06. The number of H-pyrrole nitrogens is 4. The number of rotatable bonds is 5. The first-order valence-electron chi connectivity index (χ1n) is 12.9. The monoisotopic (exact) mass is 526 g/mol. The zero-order valence-electron chi connectivity index (χ0n) is 21.6. The number of nitrogens with one attached hydrogen (secondary N) is 4. The summed E-state index contributed by atoms with van der Waals surface area (Å²) in [7, 11) is 0. The van der Waals surface area contributed by atoms with E-state index in [2.05, 4.69) is 60.9 Å². The lowest BCUT2D eigenvalue weighted by molar-refractivity contribution is 0.883. The van der Waals surface area contributed by atoms with Crippen molar-refractivity contribution in [3.63, 3.8) is 0 Å². The lowest BCUT2D eigenvalue weighted by Crippen LogP contribution is -1.95. The van der Waals surface area contributed by atoms with Crippen LogP contribution in [0.3, 0.4) is 0 Å². The Morgan fingerprint density at radius 3 is 1.98 bits per heavy atom. The molecule has 4 N–H and O–H groups in total. The summed E-state index contributed by atoms with van der Waals surface area (Å²) in [5.41, 5.74) is 9.54. The number of hydrogen-bond donors (Lipinski definition) is 4. The molecule has 0 radical (unpaired) electrons. The third kappa shape index (κ3) is 3.85. The number of aromatic nitrogens is 12. The van der Waals surface area contributed by atoms with Crippen LogP contribution in [-0.2, 0) is 12.8 Å². The van der Waals surface area contributed by atoms with Crippen molar-refractivity contribution in [3.8, 4) is 23.0 Å². The van der Waals surface area contributed by atoms with Crippen LogP contribution in [0.2, 0.25) is 0 Å². The second-order valence-corrected chi connectivity index (χ2v) is 9.85. The Bertz CT molecular complexity index is 2090. The number of aromatic amines is 4. The highest BCUT2D eigenvalue weighted by Gasteiger charge is 2.13. The van der Waals surface area contributed by atoms with Gasteiger partial charge in [0.25, 0.3) is 0 Å². The molecule has 0 atom stereocenters. The molecule has 0 bridgehead atoms. The van der Waals surface area contributed by atoms with E-state index in [9.17, 15) is 0 Å². The van der Waals surface area contributed by atoms with E-state index < -0.39 is 0 Å². The molecule has 12 heteroatoms. The molecule has 8 heterocycles. The van der Waals surface area contributed by atoms with E-state index in [1.807, 2.05) is 56.4 Å². The average Bonchev–Trinajstić information content (AvgIpc) is 3.72. The van der Waals surface area contributed by atoms with Crippen molar-refractivity contribution in [1.82, 2.24) is 59.8 Å². The lowest BCUT2D eigenvalue weighted by atomic mass is 10.1. The summed E-state index contributed by atoms with van der Waals surface area (Å²) in [4.78, 5) is 50.0. The van der Waals surface area contributed by atoms with Crippen molar-refractivity contribution in [2.45, 2.75) is 26.7 Å². The van der Waals surface area contributed by atoms with Crippen molar-refractivity contribution in [2.75, 3.05) is 0 Å². The molecule has 8 rings (SSSR count).